The van der Waals surface area contributed by atoms with Gasteiger partial charge in [-0.05, 0) is 50.9 Å². The third-order valence-electron chi connectivity index (χ3n) is 1.57. The standard InChI is InChI=1S/C9H8Br2O3/c1-2-14-8-6(10)4-3-5(7(8)11)9(12)13/h3-4H,2H2,1H3,(H,12,13). The summed E-state index contributed by atoms with van der Waals surface area (Å²) in [7, 11) is 0. The Bertz CT molecular complexity index is 363. The highest BCUT2D eigenvalue weighted by atomic mass is 79.9. The zero-order valence-electron chi connectivity index (χ0n) is 7.38. The lowest BCUT2D eigenvalue weighted by atomic mass is 10.2. The van der Waals surface area contributed by atoms with Crippen LogP contribution in [0.15, 0.2) is 21.1 Å². The first-order valence-corrected chi connectivity index (χ1v) is 5.50. The van der Waals surface area contributed by atoms with Crippen molar-refractivity contribution >= 4 is 37.8 Å². The lowest BCUT2D eigenvalue weighted by molar-refractivity contribution is 0.0695. The molecule has 1 aromatic rings. The van der Waals surface area contributed by atoms with E-state index in [1.54, 1.807) is 6.07 Å². The maximum absolute atomic E-state index is 10.8. The number of benzene rings is 1. The molecule has 0 atom stereocenters. The SMILES string of the molecule is CCOc1c(Br)ccc(C(=O)O)c1Br. The monoisotopic (exact) mass is 322 g/mol. The van der Waals surface area contributed by atoms with E-state index < -0.39 is 5.97 Å². The van der Waals surface area contributed by atoms with Crippen LogP contribution in [0.4, 0.5) is 0 Å². The largest absolute Gasteiger partial charge is 0.491 e. The molecule has 5 heteroatoms. The topological polar surface area (TPSA) is 46.5 Å². The molecular weight excluding hydrogens is 316 g/mol. The van der Waals surface area contributed by atoms with Crippen molar-refractivity contribution in [2.45, 2.75) is 6.92 Å². The Morgan fingerprint density at radius 2 is 2.14 bits per heavy atom. The molecule has 76 valence electrons. The van der Waals surface area contributed by atoms with Gasteiger partial charge in [0.25, 0.3) is 0 Å². The fourth-order valence-corrected chi connectivity index (χ4v) is 2.32. The van der Waals surface area contributed by atoms with E-state index in [1.165, 1.54) is 6.07 Å². The Kier molecular flexibility index (Phi) is 3.95. The molecule has 0 saturated heterocycles. The van der Waals surface area contributed by atoms with Gasteiger partial charge in [-0.3, -0.25) is 0 Å². The van der Waals surface area contributed by atoms with Crippen molar-refractivity contribution in [3.63, 3.8) is 0 Å². The number of hydrogen-bond acceptors (Lipinski definition) is 2. The number of carbonyl (C=O) groups is 1. The average Bonchev–Trinajstić information content (AvgIpc) is 2.11. The van der Waals surface area contributed by atoms with Gasteiger partial charge in [-0.2, -0.15) is 0 Å². The first kappa shape index (κ1) is 11.5. The summed E-state index contributed by atoms with van der Waals surface area (Å²) in [4.78, 5) is 10.8. The third kappa shape index (κ3) is 2.27. The van der Waals surface area contributed by atoms with E-state index in [1.807, 2.05) is 6.92 Å². The molecule has 1 N–H and O–H groups in total. The summed E-state index contributed by atoms with van der Waals surface area (Å²) in [5.41, 5.74) is 0.191. The molecule has 14 heavy (non-hydrogen) atoms. The Hall–Kier alpha value is -0.550. The summed E-state index contributed by atoms with van der Waals surface area (Å²) in [6.45, 7) is 2.33. The fourth-order valence-electron chi connectivity index (χ4n) is 0.974. The molecule has 0 aliphatic heterocycles. The van der Waals surface area contributed by atoms with Crippen LogP contribution in [0, 0.1) is 0 Å². The number of rotatable bonds is 3. The van der Waals surface area contributed by atoms with Crippen LogP contribution < -0.4 is 4.74 Å². The van der Waals surface area contributed by atoms with E-state index in [-0.39, 0.29) is 5.56 Å². The Balaban J connectivity index is 3.26. The maximum Gasteiger partial charge on any atom is 0.336 e. The molecule has 0 radical (unpaired) electrons. The fraction of sp³-hybridized carbons (Fsp3) is 0.222. The summed E-state index contributed by atoms with van der Waals surface area (Å²) in [5, 5.41) is 8.85. The van der Waals surface area contributed by atoms with Gasteiger partial charge in [0.2, 0.25) is 0 Å². The van der Waals surface area contributed by atoms with Crippen molar-refractivity contribution in [2.75, 3.05) is 6.61 Å². The Morgan fingerprint density at radius 1 is 1.50 bits per heavy atom. The molecule has 0 unspecified atom stereocenters. The highest BCUT2D eigenvalue weighted by molar-refractivity contribution is 9.11. The molecule has 0 amide bonds. The first-order valence-electron chi connectivity index (χ1n) is 3.92. The van der Waals surface area contributed by atoms with Crippen LogP contribution in [0.25, 0.3) is 0 Å². The number of halogens is 2. The minimum Gasteiger partial charge on any atom is -0.491 e. The van der Waals surface area contributed by atoms with Gasteiger partial charge < -0.3 is 9.84 Å². The average molecular weight is 324 g/mol. The molecular formula is C9H8Br2O3. The number of carboxylic acids is 1. The first-order chi connectivity index (χ1) is 6.57. The Labute approximate surface area is 98.3 Å². The van der Waals surface area contributed by atoms with Crippen LogP contribution in [0.2, 0.25) is 0 Å². The second-order valence-electron chi connectivity index (χ2n) is 2.48. The van der Waals surface area contributed by atoms with Gasteiger partial charge in [-0.15, -0.1) is 0 Å². The second kappa shape index (κ2) is 4.79. The number of hydrogen-bond donors (Lipinski definition) is 1. The molecule has 1 aromatic carbocycles. The Morgan fingerprint density at radius 3 is 2.64 bits per heavy atom. The predicted molar refractivity (Wildman–Crippen MR) is 60.0 cm³/mol. The van der Waals surface area contributed by atoms with Crippen LogP contribution in [0.5, 0.6) is 5.75 Å². The zero-order valence-corrected chi connectivity index (χ0v) is 10.6. The van der Waals surface area contributed by atoms with Crippen molar-refractivity contribution in [1.82, 2.24) is 0 Å². The van der Waals surface area contributed by atoms with Gasteiger partial charge in [0, 0.05) is 0 Å². The van der Waals surface area contributed by atoms with Crippen LogP contribution >= 0.6 is 31.9 Å². The molecule has 0 aliphatic rings. The van der Waals surface area contributed by atoms with E-state index in [2.05, 4.69) is 31.9 Å². The van der Waals surface area contributed by atoms with Gasteiger partial charge in [0.15, 0.2) is 0 Å². The van der Waals surface area contributed by atoms with E-state index in [4.69, 9.17) is 9.84 Å². The van der Waals surface area contributed by atoms with E-state index in [0.29, 0.717) is 16.8 Å². The molecule has 0 fully saturated rings. The summed E-state index contributed by atoms with van der Waals surface area (Å²) in [6, 6.07) is 3.16. The third-order valence-corrected chi connectivity index (χ3v) is 2.98. The highest BCUT2D eigenvalue weighted by Gasteiger charge is 2.15. The quantitative estimate of drug-likeness (QED) is 0.928. The minimum atomic E-state index is -0.981. The number of carboxylic acid groups (broad SMARTS) is 1. The van der Waals surface area contributed by atoms with E-state index in [9.17, 15) is 4.79 Å². The highest BCUT2D eigenvalue weighted by Crippen LogP contribution is 2.36. The van der Waals surface area contributed by atoms with Gasteiger partial charge in [0.05, 0.1) is 21.1 Å². The van der Waals surface area contributed by atoms with Crippen molar-refractivity contribution < 1.29 is 14.6 Å². The molecule has 3 nitrogen and oxygen atoms in total. The second-order valence-corrected chi connectivity index (χ2v) is 4.12. The molecule has 0 aromatic heterocycles. The molecule has 0 saturated carbocycles. The maximum atomic E-state index is 10.8. The van der Waals surface area contributed by atoms with Crippen molar-refractivity contribution in [1.29, 1.82) is 0 Å². The zero-order chi connectivity index (χ0) is 10.7. The lowest BCUT2D eigenvalue weighted by Crippen LogP contribution is -2.01. The van der Waals surface area contributed by atoms with Crippen LogP contribution in [-0.4, -0.2) is 17.7 Å². The molecule has 1 rings (SSSR count). The number of ether oxygens (including phenoxy) is 1. The van der Waals surface area contributed by atoms with Gasteiger partial charge in [0.1, 0.15) is 5.75 Å². The summed E-state index contributed by atoms with van der Waals surface area (Å²) >= 11 is 6.48. The smallest absolute Gasteiger partial charge is 0.336 e. The van der Waals surface area contributed by atoms with Crippen LogP contribution in [0.3, 0.4) is 0 Å². The predicted octanol–water partition coefficient (Wildman–Crippen LogP) is 3.31. The molecule has 0 heterocycles. The molecule has 0 bridgehead atoms. The number of aromatic carboxylic acids is 1. The van der Waals surface area contributed by atoms with E-state index in [0.717, 1.165) is 4.47 Å². The minimum absolute atomic E-state index is 0.191. The van der Waals surface area contributed by atoms with Crippen molar-refractivity contribution in [3.8, 4) is 5.75 Å². The van der Waals surface area contributed by atoms with Gasteiger partial charge in [-0.25, -0.2) is 4.79 Å². The van der Waals surface area contributed by atoms with Gasteiger partial charge >= 0.3 is 5.97 Å². The lowest BCUT2D eigenvalue weighted by Gasteiger charge is -2.09. The summed E-state index contributed by atoms with van der Waals surface area (Å²) in [5.74, 6) is -0.460. The summed E-state index contributed by atoms with van der Waals surface area (Å²) < 4.78 is 6.49. The van der Waals surface area contributed by atoms with Crippen LogP contribution in [-0.2, 0) is 0 Å². The summed E-state index contributed by atoms with van der Waals surface area (Å²) in [6.07, 6.45) is 0. The van der Waals surface area contributed by atoms with Crippen molar-refractivity contribution in [3.05, 3.63) is 26.6 Å². The van der Waals surface area contributed by atoms with Gasteiger partial charge in [-0.1, -0.05) is 0 Å². The van der Waals surface area contributed by atoms with E-state index >= 15 is 0 Å². The van der Waals surface area contributed by atoms with Crippen LogP contribution in [0.1, 0.15) is 17.3 Å². The normalized spacial score (nSPS) is 9.93. The molecule has 0 spiro atoms. The molecule has 0 aliphatic carbocycles. The van der Waals surface area contributed by atoms with Crippen molar-refractivity contribution in [2.24, 2.45) is 0 Å².